The summed E-state index contributed by atoms with van der Waals surface area (Å²) in [6, 6.07) is 6.29. The zero-order valence-corrected chi connectivity index (χ0v) is 11.1. The molecule has 0 fully saturated rings. The molecule has 1 N–H and O–H groups in total. The number of aryl methyl sites for hydroxylation is 2. The van der Waals surface area contributed by atoms with Crippen LogP contribution in [0.15, 0.2) is 18.2 Å². The standard InChI is InChI=1S/C14H23NO/c1-6-15-10-14(4,5)16-13-8-7-11(2)9-12(13)3/h7-9,15H,6,10H2,1-5H3. The fraction of sp³-hybridized carbons (Fsp3) is 0.571. The van der Waals surface area contributed by atoms with Crippen molar-refractivity contribution in [3.8, 4) is 5.75 Å². The van der Waals surface area contributed by atoms with Crippen molar-refractivity contribution in [3.63, 3.8) is 0 Å². The van der Waals surface area contributed by atoms with Gasteiger partial charge in [-0.2, -0.15) is 0 Å². The van der Waals surface area contributed by atoms with Crippen LogP contribution in [0.4, 0.5) is 0 Å². The molecule has 90 valence electrons. The fourth-order valence-corrected chi connectivity index (χ4v) is 1.67. The van der Waals surface area contributed by atoms with E-state index in [1.54, 1.807) is 0 Å². The maximum absolute atomic E-state index is 6.03. The van der Waals surface area contributed by atoms with Gasteiger partial charge in [0.05, 0.1) is 0 Å². The first-order valence-corrected chi connectivity index (χ1v) is 5.91. The van der Waals surface area contributed by atoms with E-state index in [0.717, 1.165) is 18.8 Å². The molecule has 0 aromatic heterocycles. The zero-order valence-electron chi connectivity index (χ0n) is 11.1. The van der Waals surface area contributed by atoms with E-state index in [1.807, 2.05) is 0 Å². The van der Waals surface area contributed by atoms with Crippen molar-refractivity contribution in [2.24, 2.45) is 0 Å². The summed E-state index contributed by atoms with van der Waals surface area (Å²) in [6.07, 6.45) is 0. The second kappa shape index (κ2) is 5.35. The Hall–Kier alpha value is -1.02. The summed E-state index contributed by atoms with van der Waals surface area (Å²) in [5.74, 6) is 0.980. The second-order valence-electron chi connectivity index (χ2n) is 4.91. The Kier molecular flexibility index (Phi) is 4.36. The molecule has 0 atom stereocenters. The Morgan fingerprint density at radius 1 is 1.25 bits per heavy atom. The Morgan fingerprint density at radius 2 is 1.94 bits per heavy atom. The molecular weight excluding hydrogens is 198 g/mol. The normalized spacial score (nSPS) is 11.6. The highest BCUT2D eigenvalue weighted by Gasteiger charge is 2.19. The Bertz CT molecular complexity index is 345. The third-order valence-corrected chi connectivity index (χ3v) is 2.52. The van der Waals surface area contributed by atoms with Crippen LogP contribution in [0.1, 0.15) is 31.9 Å². The minimum atomic E-state index is -0.171. The van der Waals surface area contributed by atoms with E-state index >= 15 is 0 Å². The van der Waals surface area contributed by atoms with Gasteiger partial charge in [0.1, 0.15) is 11.4 Å². The van der Waals surface area contributed by atoms with Crippen LogP contribution >= 0.6 is 0 Å². The molecule has 0 spiro atoms. The van der Waals surface area contributed by atoms with Gasteiger partial charge in [-0.1, -0.05) is 24.6 Å². The topological polar surface area (TPSA) is 21.3 Å². The van der Waals surface area contributed by atoms with Gasteiger partial charge in [0.25, 0.3) is 0 Å². The van der Waals surface area contributed by atoms with Gasteiger partial charge in [-0.25, -0.2) is 0 Å². The van der Waals surface area contributed by atoms with Crippen LogP contribution in [-0.4, -0.2) is 18.7 Å². The highest BCUT2D eigenvalue weighted by molar-refractivity contribution is 5.36. The lowest BCUT2D eigenvalue weighted by molar-refractivity contribution is 0.108. The van der Waals surface area contributed by atoms with Gasteiger partial charge in [-0.05, 0) is 45.9 Å². The smallest absolute Gasteiger partial charge is 0.123 e. The van der Waals surface area contributed by atoms with Crippen LogP contribution in [-0.2, 0) is 0 Å². The summed E-state index contributed by atoms with van der Waals surface area (Å²) < 4.78 is 6.03. The first-order chi connectivity index (χ1) is 7.44. The molecule has 0 radical (unpaired) electrons. The monoisotopic (exact) mass is 221 g/mol. The van der Waals surface area contributed by atoms with Gasteiger partial charge in [0.2, 0.25) is 0 Å². The summed E-state index contributed by atoms with van der Waals surface area (Å²) in [6.45, 7) is 12.3. The van der Waals surface area contributed by atoms with E-state index in [1.165, 1.54) is 11.1 Å². The van der Waals surface area contributed by atoms with Crippen molar-refractivity contribution in [2.45, 2.75) is 40.2 Å². The fourth-order valence-electron chi connectivity index (χ4n) is 1.67. The second-order valence-corrected chi connectivity index (χ2v) is 4.91. The lowest BCUT2D eigenvalue weighted by Crippen LogP contribution is -2.40. The molecule has 1 aromatic carbocycles. The van der Waals surface area contributed by atoms with E-state index in [0.29, 0.717) is 0 Å². The number of nitrogens with one attached hydrogen (secondary N) is 1. The summed E-state index contributed by atoms with van der Waals surface area (Å²) in [4.78, 5) is 0. The first kappa shape index (κ1) is 13.0. The van der Waals surface area contributed by atoms with E-state index in [9.17, 15) is 0 Å². The summed E-state index contributed by atoms with van der Waals surface area (Å²) in [5.41, 5.74) is 2.30. The third kappa shape index (κ3) is 3.86. The van der Waals surface area contributed by atoms with Crippen molar-refractivity contribution in [2.75, 3.05) is 13.1 Å². The van der Waals surface area contributed by atoms with E-state index in [2.05, 4.69) is 58.1 Å². The zero-order chi connectivity index (χ0) is 12.2. The lowest BCUT2D eigenvalue weighted by Gasteiger charge is -2.27. The molecule has 0 saturated heterocycles. The lowest BCUT2D eigenvalue weighted by atomic mass is 10.1. The predicted molar refractivity (Wildman–Crippen MR) is 69.2 cm³/mol. The highest BCUT2D eigenvalue weighted by atomic mass is 16.5. The van der Waals surface area contributed by atoms with Gasteiger partial charge < -0.3 is 10.1 Å². The Morgan fingerprint density at radius 3 is 2.50 bits per heavy atom. The van der Waals surface area contributed by atoms with Crippen LogP contribution in [0.5, 0.6) is 5.75 Å². The molecule has 0 bridgehead atoms. The minimum Gasteiger partial charge on any atom is -0.486 e. The highest BCUT2D eigenvalue weighted by Crippen LogP contribution is 2.23. The molecule has 0 saturated carbocycles. The van der Waals surface area contributed by atoms with Gasteiger partial charge in [0.15, 0.2) is 0 Å². The number of benzene rings is 1. The molecule has 0 aliphatic heterocycles. The maximum Gasteiger partial charge on any atom is 0.123 e. The first-order valence-electron chi connectivity index (χ1n) is 5.91. The van der Waals surface area contributed by atoms with Gasteiger partial charge >= 0.3 is 0 Å². The molecule has 2 heteroatoms. The van der Waals surface area contributed by atoms with Crippen molar-refractivity contribution in [1.82, 2.24) is 5.32 Å². The van der Waals surface area contributed by atoms with E-state index in [4.69, 9.17) is 4.74 Å². The SMILES string of the molecule is CCNCC(C)(C)Oc1ccc(C)cc1C. The largest absolute Gasteiger partial charge is 0.486 e. The minimum absolute atomic E-state index is 0.171. The Labute approximate surface area is 99.0 Å². The van der Waals surface area contributed by atoms with E-state index in [-0.39, 0.29) is 5.60 Å². The molecule has 1 aromatic rings. The number of rotatable bonds is 5. The van der Waals surface area contributed by atoms with Gasteiger partial charge in [-0.15, -0.1) is 0 Å². The van der Waals surface area contributed by atoms with Gasteiger partial charge in [0, 0.05) is 6.54 Å². The van der Waals surface area contributed by atoms with Crippen LogP contribution in [0.25, 0.3) is 0 Å². The number of ether oxygens (including phenoxy) is 1. The molecule has 2 nitrogen and oxygen atoms in total. The number of hydrogen-bond donors (Lipinski definition) is 1. The quantitative estimate of drug-likeness (QED) is 0.825. The van der Waals surface area contributed by atoms with Crippen LogP contribution in [0, 0.1) is 13.8 Å². The summed E-state index contributed by atoms with van der Waals surface area (Å²) in [5, 5.41) is 3.31. The number of likely N-dealkylation sites (N-methyl/N-ethyl adjacent to an activating group) is 1. The van der Waals surface area contributed by atoms with Crippen molar-refractivity contribution in [1.29, 1.82) is 0 Å². The average molecular weight is 221 g/mol. The average Bonchev–Trinajstić information content (AvgIpc) is 2.19. The molecule has 1 rings (SSSR count). The summed E-state index contributed by atoms with van der Waals surface area (Å²) >= 11 is 0. The molecule has 16 heavy (non-hydrogen) atoms. The van der Waals surface area contributed by atoms with Crippen molar-refractivity contribution >= 4 is 0 Å². The van der Waals surface area contributed by atoms with E-state index < -0.39 is 0 Å². The molecule has 0 aliphatic carbocycles. The molecule has 0 unspecified atom stereocenters. The van der Waals surface area contributed by atoms with Crippen LogP contribution < -0.4 is 10.1 Å². The number of hydrogen-bond acceptors (Lipinski definition) is 2. The summed E-state index contributed by atoms with van der Waals surface area (Å²) in [7, 11) is 0. The molecule has 0 amide bonds. The Balaban J connectivity index is 2.71. The van der Waals surface area contributed by atoms with Crippen LogP contribution in [0.2, 0.25) is 0 Å². The predicted octanol–water partition coefficient (Wildman–Crippen LogP) is 3.07. The van der Waals surface area contributed by atoms with Gasteiger partial charge in [-0.3, -0.25) is 0 Å². The van der Waals surface area contributed by atoms with Crippen molar-refractivity contribution < 1.29 is 4.74 Å². The third-order valence-electron chi connectivity index (χ3n) is 2.52. The van der Waals surface area contributed by atoms with Crippen LogP contribution in [0.3, 0.4) is 0 Å². The molecule has 0 aliphatic rings. The molecular formula is C14H23NO. The molecule has 0 heterocycles. The van der Waals surface area contributed by atoms with Crippen molar-refractivity contribution in [3.05, 3.63) is 29.3 Å². The maximum atomic E-state index is 6.03.